The van der Waals surface area contributed by atoms with E-state index in [0.29, 0.717) is 0 Å². The van der Waals surface area contributed by atoms with Crippen molar-refractivity contribution >= 4 is 11.6 Å². The summed E-state index contributed by atoms with van der Waals surface area (Å²) in [5.41, 5.74) is 2.12. The van der Waals surface area contributed by atoms with Gasteiger partial charge in [0.25, 0.3) is 0 Å². The fraction of sp³-hybridized carbons (Fsp3) is 0.333. The van der Waals surface area contributed by atoms with Gasteiger partial charge in [-0.05, 0) is 44.7 Å². The molecule has 0 amide bonds. The molecule has 4 nitrogen and oxygen atoms in total. The Hall–Kier alpha value is -1.39. The zero-order chi connectivity index (χ0) is 12.4. The molecule has 0 saturated carbocycles. The van der Waals surface area contributed by atoms with E-state index in [-0.39, 0.29) is 0 Å². The van der Waals surface area contributed by atoms with Crippen LogP contribution in [-0.4, -0.2) is 21.8 Å². The first-order valence-electron chi connectivity index (χ1n) is 5.45. The van der Waals surface area contributed by atoms with Gasteiger partial charge in [-0.2, -0.15) is 5.10 Å². The molecule has 0 fully saturated rings. The lowest BCUT2D eigenvalue weighted by Crippen LogP contribution is -2.10. The molecule has 0 aliphatic heterocycles. The molecule has 1 N–H and O–H groups in total. The normalized spacial score (nSPS) is 10.8. The Morgan fingerprint density at radius 2 is 2.12 bits per heavy atom. The second-order valence-electron chi connectivity index (χ2n) is 3.92. The molecular formula is C12H15ClN4. The molecule has 1 heterocycles. The minimum atomic E-state index is 0.730. The van der Waals surface area contributed by atoms with E-state index in [4.69, 9.17) is 11.6 Å². The monoisotopic (exact) mass is 250 g/mol. The molecule has 0 bridgehead atoms. The van der Waals surface area contributed by atoms with Crippen molar-refractivity contribution in [2.75, 3.05) is 7.05 Å². The minimum Gasteiger partial charge on any atom is -0.316 e. The van der Waals surface area contributed by atoms with Gasteiger partial charge in [0.1, 0.15) is 11.6 Å². The summed E-state index contributed by atoms with van der Waals surface area (Å²) in [6.07, 6.45) is 0. The maximum absolute atomic E-state index is 6.01. The second kappa shape index (κ2) is 4.85. The lowest BCUT2D eigenvalue weighted by molar-refractivity contribution is 0.774. The fourth-order valence-corrected chi connectivity index (χ4v) is 2.04. The summed E-state index contributed by atoms with van der Waals surface area (Å²) in [4.78, 5) is 4.31. The van der Waals surface area contributed by atoms with E-state index in [1.165, 1.54) is 0 Å². The molecule has 2 aromatic rings. The predicted molar refractivity (Wildman–Crippen MR) is 68.6 cm³/mol. The number of rotatable bonds is 3. The van der Waals surface area contributed by atoms with Gasteiger partial charge in [-0.25, -0.2) is 9.67 Å². The van der Waals surface area contributed by atoms with E-state index in [1.807, 2.05) is 43.8 Å². The molecule has 2 rings (SSSR count). The Bertz CT molecular complexity index is 533. The van der Waals surface area contributed by atoms with Crippen LogP contribution in [0.4, 0.5) is 0 Å². The maximum atomic E-state index is 6.01. The molecule has 5 heteroatoms. The summed E-state index contributed by atoms with van der Waals surface area (Å²) in [5, 5.41) is 8.25. The van der Waals surface area contributed by atoms with E-state index in [9.17, 15) is 0 Å². The predicted octanol–water partition coefficient (Wildman–Crippen LogP) is 2.26. The molecule has 0 unspecified atom stereocenters. The highest BCUT2D eigenvalue weighted by atomic mass is 35.5. The third-order valence-corrected chi connectivity index (χ3v) is 2.75. The lowest BCUT2D eigenvalue weighted by atomic mass is 10.2. The topological polar surface area (TPSA) is 42.7 Å². The highest BCUT2D eigenvalue weighted by Gasteiger charge is 2.09. The molecule has 1 aromatic heterocycles. The lowest BCUT2D eigenvalue weighted by Gasteiger charge is -2.10. The average molecular weight is 251 g/mol. The van der Waals surface area contributed by atoms with Crippen LogP contribution in [0, 0.1) is 13.8 Å². The van der Waals surface area contributed by atoms with Gasteiger partial charge < -0.3 is 5.32 Å². The Labute approximate surface area is 106 Å². The van der Waals surface area contributed by atoms with Gasteiger partial charge in [0.15, 0.2) is 0 Å². The van der Waals surface area contributed by atoms with Crippen molar-refractivity contribution in [3.63, 3.8) is 0 Å². The van der Waals surface area contributed by atoms with Gasteiger partial charge in [-0.1, -0.05) is 11.6 Å². The first-order chi connectivity index (χ1) is 8.11. The largest absolute Gasteiger partial charge is 0.316 e. The van der Waals surface area contributed by atoms with Crippen LogP contribution in [-0.2, 0) is 6.54 Å². The second-order valence-corrected chi connectivity index (χ2v) is 4.36. The van der Waals surface area contributed by atoms with E-state index in [0.717, 1.165) is 34.5 Å². The number of aryl methyl sites for hydroxylation is 2. The van der Waals surface area contributed by atoms with Crippen LogP contribution in [0.2, 0.25) is 5.02 Å². The summed E-state index contributed by atoms with van der Waals surface area (Å²) in [5.74, 6) is 1.65. The van der Waals surface area contributed by atoms with E-state index in [1.54, 1.807) is 0 Å². The highest BCUT2D eigenvalue weighted by molar-refractivity contribution is 6.30. The van der Waals surface area contributed by atoms with Gasteiger partial charge >= 0.3 is 0 Å². The molecule has 0 spiro atoms. The SMILES string of the molecule is CNCc1cc(Cl)ccc1-n1nc(C)nc1C. The van der Waals surface area contributed by atoms with Gasteiger partial charge in [0, 0.05) is 11.6 Å². The van der Waals surface area contributed by atoms with Crippen molar-refractivity contribution in [1.29, 1.82) is 0 Å². The van der Waals surface area contributed by atoms with Gasteiger partial charge in [-0.15, -0.1) is 0 Å². The van der Waals surface area contributed by atoms with Crippen molar-refractivity contribution in [2.45, 2.75) is 20.4 Å². The summed E-state index contributed by atoms with van der Waals surface area (Å²) >= 11 is 6.01. The quantitative estimate of drug-likeness (QED) is 0.909. The molecule has 0 atom stereocenters. The Morgan fingerprint density at radius 3 is 2.71 bits per heavy atom. The van der Waals surface area contributed by atoms with Crippen molar-refractivity contribution in [2.24, 2.45) is 0 Å². The zero-order valence-corrected chi connectivity index (χ0v) is 10.9. The third-order valence-electron chi connectivity index (χ3n) is 2.51. The number of aromatic nitrogens is 3. The van der Waals surface area contributed by atoms with Crippen LogP contribution in [0.3, 0.4) is 0 Å². The zero-order valence-electron chi connectivity index (χ0n) is 10.2. The number of hydrogen-bond acceptors (Lipinski definition) is 3. The minimum absolute atomic E-state index is 0.730. The van der Waals surface area contributed by atoms with Crippen LogP contribution in [0.1, 0.15) is 17.2 Å². The summed E-state index contributed by atoms with van der Waals surface area (Å²) in [6, 6.07) is 5.78. The Morgan fingerprint density at radius 1 is 1.35 bits per heavy atom. The molecule has 0 radical (unpaired) electrons. The molecule has 1 aromatic carbocycles. The van der Waals surface area contributed by atoms with E-state index in [2.05, 4.69) is 15.4 Å². The summed E-state index contributed by atoms with van der Waals surface area (Å²) in [7, 11) is 1.91. The first kappa shape index (κ1) is 12.1. The molecule has 0 aliphatic rings. The van der Waals surface area contributed by atoms with Crippen molar-refractivity contribution in [3.05, 3.63) is 40.4 Å². The third kappa shape index (κ3) is 2.48. The Kier molecular flexibility index (Phi) is 3.45. The molecule has 17 heavy (non-hydrogen) atoms. The summed E-state index contributed by atoms with van der Waals surface area (Å²) < 4.78 is 1.85. The average Bonchev–Trinajstić information content (AvgIpc) is 2.59. The van der Waals surface area contributed by atoms with Crippen LogP contribution in [0.5, 0.6) is 0 Å². The number of benzene rings is 1. The standard InChI is InChI=1S/C12H15ClN4/c1-8-15-9(2)17(16-8)12-5-4-11(13)6-10(12)7-14-3/h4-6,14H,7H2,1-3H3. The van der Waals surface area contributed by atoms with E-state index >= 15 is 0 Å². The van der Waals surface area contributed by atoms with Crippen molar-refractivity contribution in [3.8, 4) is 5.69 Å². The molecule has 0 saturated heterocycles. The van der Waals surface area contributed by atoms with Crippen molar-refractivity contribution < 1.29 is 0 Å². The molecule has 0 aliphatic carbocycles. The Balaban J connectivity index is 2.54. The highest BCUT2D eigenvalue weighted by Crippen LogP contribution is 2.20. The van der Waals surface area contributed by atoms with Crippen LogP contribution >= 0.6 is 11.6 Å². The number of nitrogens with zero attached hydrogens (tertiary/aromatic N) is 3. The van der Waals surface area contributed by atoms with Gasteiger partial charge in [-0.3, -0.25) is 0 Å². The number of halogens is 1. The van der Waals surface area contributed by atoms with Gasteiger partial charge in [0.05, 0.1) is 5.69 Å². The molecular weight excluding hydrogens is 236 g/mol. The molecule has 90 valence electrons. The summed E-state index contributed by atoms with van der Waals surface area (Å²) in [6.45, 7) is 4.57. The van der Waals surface area contributed by atoms with Crippen LogP contribution < -0.4 is 5.32 Å². The number of nitrogens with one attached hydrogen (secondary N) is 1. The van der Waals surface area contributed by atoms with Crippen LogP contribution in [0.25, 0.3) is 5.69 Å². The first-order valence-corrected chi connectivity index (χ1v) is 5.83. The van der Waals surface area contributed by atoms with Gasteiger partial charge in [0.2, 0.25) is 0 Å². The maximum Gasteiger partial charge on any atom is 0.148 e. The van der Waals surface area contributed by atoms with E-state index < -0.39 is 0 Å². The smallest absolute Gasteiger partial charge is 0.148 e. The van der Waals surface area contributed by atoms with Crippen LogP contribution in [0.15, 0.2) is 18.2 Å². The van der Waals surface area contributed by atoms with Crippen molar-refractivity contribution in [1.82, 2.24) is 20.1 Å². The fourth-order valence-electron chi connectivity index (χ4n) is 1.84. The number of hydrogen-bond donors (Lipinski definition) is 1.